The van der Waals surface area contributed by atoms with Crippen LogP contribution in [0.15, 0.2) is 12.1 Å². The van der Waals surface area contributed by atoms with E-state index in [1.54, 1.807) is 20.3 Å². The Hall–Kier alpha value is -1.57. The molecule has 0 aromatic heterocycles. The van der Waals surface area contributed by atoms with Crippen molar-refractivity contribution in [2.75, 3.05) is 14.2 Å². The number of hydrogen-bond acceptors (Lipinski definition) is 4. The Morgan fingerprint density at radius 2 is 2.13 bits per heavy atom. The van der Waals surface area contributed by atoms with Crippen LogP contribution in [0.25, 0.3) is 0 Å². The molecule has 0 saturated heterocycles. The molecule has 0 radical (unpaired) electrons. The fourth-order valence-electron chi connectivity index (χ4n) is 1.46. The van der Waals surface area contributed by atoms with Crippen molar-refractivity contribution < 1.29 is 9.57 Å². The maximum atomic E-state index is 8.94. The summed E-state index contributed by atoms with van der Waals surface area (Å²) in [5.74, 6) is 0.638. The molecule has 0 bridgehead atoms. The first-order valence-electron chi connectivity index (χ1n) is 4.56. The van der Waals surface area contributed by atoms with Gasteiger partial charge in [0, 0.05) is 6.54 Å². The summed E-state index contributed by atoms with van der Waals surface area (Å²) in [6, 6.07) is 5.86. The lowest BCUT2D eigenvalue weighted by Crippen LogP contribution is -2.11. The summed E-state index contributed by atoms with van der Waals surface area (Å²) in [5, 5.41) is 8.94. The quantitative estimate of drug-likeness (QED) is 0.759. The molecule has 0 aliphatic carbocycles. The van der Waals surface area contributed by atoms with E-state index in [-0.39, 0.29) is 0 Å². The molecule has 4 heteroatoms. The lowest BCUT2D eigenvalue weighted by atomic mass is 10.1. The number of nitrogens with one attached hydrogen (secondary N) is 1. The fourth-order valence-corrected chi connectivity index (χ4v) is 1.46. The topological polar surface area (TPSA) is 54.3 Å². The van der Waals surface area contributed by atoms with Gasteiger partial charge in [-0.3, -0.25) is 0 Å². The molecule has 0 saturated carbocycles. The van der Waals surface area contributed by atoms with Gasteiger partial charge in [-0.15, -0.1) is 0 Å². The van der Waals surface area contributed by atoms with Crippen molar-refractivity contribution in [3.63, 3.8) is 0 Å². The Bertz CT molecular complexity index is 383. The van der Waals surface area contributed by atoms with Gasteiger partial charge in [0.15, 0.2) is 0 Å². The summed E-state index contributed by atoms with van der Waals surface area (Å²) in [6.45, 7) is 2.48. The van der Waals surface area contributed by atoms with Crippen molar-refractivity contribution in [3.05, 3.63) is 28.8 Å². The van der Waals surface area contributed by atoms with Crippen LogP contribution in [0.4, 0.5) is 0 Å². The third-order valence-electron chi connectivity index (χ3n) is 2.08. The number of ether oxygens (including phenoxy) is 1. The minimum absolute atomic E-state index is 0.547. The Morgan fingerprint density at radius 1 is 1.40 bits per heavy atom. The second-order valence-corrected chi connectivity index (χ2v) is 3.13. The van der Waals surface area contributed by atoms with E-state index in [1.165, 1.54) is 0 Å². The molecule has 15 heavy (non-hydrogen) atoms. The molecule has 1 rings (SSSR count). The van der Waals surface area contributed by atoms with E-state index in [0.29, 0.717) is 17.9 Å². The highest BCUT2D eigenvalue weighted by molar-refractivity contribution is 5.50. The first-order valence-corrected chi connectivity index (χ1v) is 4.56. The van der Waals surface area contributed by atoms with Gasteiger partial charge in [-0.2, -0.15) is 10.7 Å². The van der Waals surface area contributed by atoms with E-state index >= 15 is 0 Å². The summed E-state index contributed by atoms with van der Waals surface area (Å²) in [7, 11) is 3.12. The number of methoxy groups -OCH3 is 1. The predicted octanol–water partition coefficient (Wildman–Crippen LogP) is 1.53. The van der Waals surface area contributed by atoms with Gasteiger partial charge in [-0.05, 0) is 24.1 Å². The van der Waals surface area contributed by atoms with E-state index < -0.39 is 0 Å². The predicted molar refractivity (Wildman–Crippen MR) is 56.3 cm³/mol. The van der Waals surface area contributed by atoms with E-state index in [0.717, 1.165) is 11.1 Å². The number of nitriles is 1. The smallest absolute Gasteiger partial charge is 0.139 e. The van der Waals surface area contributed by atoms with Gasteiger partial charge in [0.25, 0.3) is 0 Å². The average Bonchev–Trinajstić information content (AvgIpc) is 2.25. The molecule has 0 aliphatic rings. The Kier molecular flexibility index (Phi) is 4.10. The highest BCUT2D eigenvalue weighted by Gasteiger charge is 2.07. The van der Waals surface area contributed by atoms with Gasteiger partial charge in [-0.25, -0.2) is 0 Å². The van der Waals surface area contributed by atoms with Crippen LogP contribution in [0, 0.1) is 18.3 Å². The highest BCUT2D eigenvalue weighted by atomic mass is 16.6. The average molecular weight is 206 g/mol. The zero-order valence-corrected chi connectivity index (χ0v) is 9.13. The number of nitrogens with zero attached hydrogens (tertiary/aromatic N) is 1. The summed E-state index contributed by atoms with van der Waals surface area (Å²) in [4.78, 5) is 4.75. The molecule has 1 aromatic carbocycles. The highest BCUT2D eigenvalue weighted by Crippen LogP contribution is 2.24. The van der Waals surface area contributed by atoms with Crippen LogP contribution in [0.3, 0.4) is 0 Å². The molecule has 0 aliphatic heterocycles. The Balaban J connectivity index is 3.04. The molecule has 0 fully saturated rings. The third kappa shape index (κ3) is 2.69. The molecule has 0 unspecified atom stereocenters. The van der Waals surface area contributed by atoms with Crippen LogP contribution in [-0.2, 0) is 11.4 Å². The lowest BCUT2D eigenvalue weighted by molar-refractivity contribution is 0.0867. The fraction of sp³-hybridized carbons (Fsp3) is 0.364. The number of aryl methyl sites for hydroxylation is 1. The van der Waals surface area contributed by atoms with Gasteiger partial charge >= 0.3 is 0 Å². The van der Waals surface area contributed by atoms with Gasteiger partial charge in [0.05, 0.1) is 19.8 Å². The molecule has 0 atom stereocenters. The van der Waals surface area contributed by atoms with E-state index in [4.69, 9.17) is 14.8 Å². The van der Waals surface area contributed by atoms with Crippen molar-refractivity contribution in [3.8, 4) is 11.8 Å². The van der Waals surface area contributed by atoms with E-state index in [2.05, 4.69) is 11.5 Å². The van der Waals surface area contributed by atoms with Crippen molar-refractivity contribution in [1.29, 1.82) is 5.26 Å². The summed E-state index contributed by atoms with van der Waals surface area (Å²) in [6.07, 6.45) is 0. The van der Waals surface area contributed by atoms with Crippen LogP contribution in [0.5, 0.6) is 5.75 Å². The molecular weight excluding hydrogens is 192 g/mol. The normalized spacial score (nSPS) is 9.73. The van der Waals surface area contributed by atoms with Crippen molar-refractivity contribution >= 4 is 0 Å². The molecule has 0 heterocycles. The summed E-state index contributed by atoms with van der Waals surface area (Å²) < 4.78 is 5.15. The SMILES string of the molecule is CONCc1cc(C)c(OC)c(C#N)c1. The van der Waals surface area contributed by atoms with E-state index in [9.17, 15) is 0 Å². The van der Waals surface area contributed by atoms with Crippen LogP contribution in [0.1, 0.15) is 16.7 Å². The number of benzene rings is 1. The first kappa shape index (κ1) is 11.5. The minimum atomic E-state index is 0.547. The third-order valence-corrected chi connectivity index (χ3v) is 2.08. The number of hydrogen-bond donors (Lipinski definition) is 1. The molecular formula is C11H14N2O2. The molecule has 0 amide bonds. The molecule has 1 N–H and O–H groups in total. The maximum absolute atomic E-state index is 8.94. The summed E-state index contributed by atoms with van der Waals surface area (Å²) in [5.41, 5.74) is 5.22. The minimum Gasteiger partial charge on any atom is -0.495 e. The summed E-state index contributed by atoms with van der Waals surface area (Å²) >= 11 is 0. The van der Waals surface area contributed by atoms with Crippen molar-refractivity contribution in [1.82, 2.24) is 5.48 Å². The van der Waals surface area contributed by atoms with Gasteiger partial charge in [-0.1, -0.05) is 6.07 Å². The van der Waals surface area contributed by atoms with Crippen molar-refractivity contribution in [2.24, 2.45) is 0 Å². The standard InChI is InChI=1S/C11H14N2O2/c1-8-4-9(7-13-15-3)5-10(6-12)11(8)14-2/h4-5,13H,7H2,1-3H3. The van der Waals surface area contributed by atoms with Crippen LogP contribution < -0.4 is 10.2 Å². The van der Waals surface area contributed by atoms with Gasteiger partial charge in [0.1, 0.15) is 11.8 Å². The van der Waals surface area contributed by atoms with Crippen LogP contribution >= 0.6 is 0 Å². The number of hydroxylamine groups is 1. The van der Waals surface area contributed by atoms with E-state index in [1.807, 2.05) is 13.0 Å². The second kappa shape index (κ2) is 5.35. The molecule has 80 valence electrons. The number of rotatable bonds is 4. The monoisotopic (exact) mass is 206 g/mol. The zero-order valence-electron chi connectivity index (χ0n) is 9.13. The Labute approximate surface area is 89.4 Å². The van der Waals surface area contributed by atoms with Crippen LogP contribution in [0.2, 0.25) is 0 Å². The van der Waals surface area contributed by atoms with Crippen molar-refractivity contribution in [2.45, 2.75) is 13.5 Å². The molecule has 4 nitrogen and oxygen atoms in total. The Morgan fingerprint density at radius 3 is 2.67 bits per heavy atom. The zero-order chi connectivity index (χ0) is 11.3. The largest absolute Gasteiger partial charge is 0.495 e. The second-order valence-electron chi connectivity index (χ2n) is 3.13. The first-order chi connectivity index (χ1) is 7.22. The molecule has 0 spiro atoms. The maximum Gasteiger partial charge on any atom is 0.139 e. The van der Waals surface area contributed by atoms with Gasteiger partial charge < -0.3 is 9.57 Å². The molecule has 1 aromatic rings. The lowest BCUT2D eigenvalue weighted by Gasteiger charge is -2.09. The van der Waals surface area contributed by atoms with Gasteiger partial charge in [0.2, 0.25) is 0 Å². The van der Waals surface area contributed by atoms with Crippen LogP contribution in [-0.4, -0.2) is 14.2 Å².